The van der Waals surface area contributed by atoms with Gasteiger partial charge in [-0.15, -0.1) is 6.58 Å². The second kappa shape index (κ2) is 14.6. The summed E-state index contributed by atoms with van der Waals surface area (Å²) in [6.07, 6.45) is 0.680. The summed E-state index contributed by atoms with van der Waals surface area (Å²) in [6, 6.07) is 5.33. The van der Waals surface area contributed by atoms with Gasteiger partial charge in [-0.1, -0.05) is 58.0 Å². The number of sulfonamides is 1. The van der Waals surface area contributed by atoms with Gasteiger partial charge in [0.2, 0.25) is 21.8 Å². The Bertz CT molecular complexity index is 1610. The van der Waals surface area contributed by atoms with Crippen LogP contribution in [-0.4, -0.2) is 84.3 Å². The molecule has 5 atom stereocenters. The standard InChI is InChI=1S/C35H51N5O9S/c1-9-21-12-11-13-22(16-21)19-36-31(44)48-24-17-26(40(20-24)29(42)27(33(3,4)5)37-32(45)49-34(6,7)8)28(41)38-35(18-23(35)10-2)30(43)39-50(46,47)25-14-15-25/h10-13,16,23-27H,2,9,14-15,17-20H2,1,3-8H3,(H,36,44)(H,37,45)(H,38,41)(H,39,43)/t23?,24-,26+,27-,35?/m1/s1. The van der Waals surface area contributed by atoms with Gasteiger partial charge in [0.15, 0.2) is 0 Å². The first kappa shape index (κ1) is 38.7. The number of rotatable bonds is 12. The van der Waals surface area contributed by atoms with E-state index in [2.05, 4.69) is 27.3 Å². The number of benzene rings is 1. The third kappa shape index (κ3) is 9.55. The number of hydrogen-bond donors (Lipinski definition) is 4. The Labute approximate surface area is 294 Å². The number of hydrogen-bond acceptors (Lipinski definition) is 9. The van der Waals surface area contributed by atoms with Crippen molar-refractivity contribution in [2.75, 3.05) is 6.54 Å². The lowest BCUT2D eigenvalue weighted by atomic mass is 9.85. The lowest BCUT2D eigenvalue weighted by Crippen LogP contribution is -2.60. The first-order valence-corrected chi connectivity index (χ1v) is 18.6. The van der Waals surface area contributed by atoms with Crippen molar-refractivity contribution in [2.24, 2.45) is 11.3 Å². The fourth-order valence-corrected chi connectivity index (χ4v) is 7.32. The molecule has 50 heavy (non-hydrogen) atoms. The molecule has 2 aliphatic carbocycles. The number of amides is 5. The molecule has 1 aromatic carbocycles. The summed E-state index contributed by atoms with van der Waals surface area (Å²) in [6.45, 7) is 16.1. The molecular weight excluding hydrogens is 666 g/mol. The Morgan fingerprint density at radius 1 is 1.06 bits per heavy atom. The Balaban J connectivity index is 1.55. The number of aryl methyl sites for hydroxylation is 1. The van der Waals surface area contributed by atoms with Crippen LogP contribution < -0.4 is 20.7 Å². The molecule has 2 saturated carbocycles. The molecule has 276 valence electrons. The first-order chi connectivity index (χ1) is 23.2. The van der Waals surface area contributed by atoms with Gasteiger partial charge in [-0.05, 0) is 63.0 Å². The first-order valence-electron chi connectivity index (χ1n) is 17.0. The van der Waals surface area contributed by atoms with Crippen LogP contribution in [0.1, 0.15) is 85.3 Å². The van der Waals surface area contributed by atoms with E-state index in [4.69, 9.17) is 9.47 Å². The molecular formula is C35H51N5O9S. The molecule has 1 aliphatic heterocycles. The van der Waals surface area contributed by atoms with Gasteiger partial charge in [0.25, 0.3) is 5.91 Å². The van der Waals surface area contributed by atoms with Crippen LogP contribution in [0.4, 0.5) is 9.59 Å². The largest absolute Gasteiger partial charge is 0.444 e. The SMILES string of the molecule is C=CC1CC1(NC(=O)[C@@H]1C[C@@H](OC(=O)NCc2cccc(CC)c2)CN1C(=O)[C@@H](NC(=O)OC(C)(C)C)C(C)(C)C)C(=O)NS(=O)(=O)C1CC1. The number of ether oxygens (including phenoxy) is 2. The van der Waals surface area contributed by atoms with E-state index in [-0.39, 0.29) is 25.9 Å². The maximum Gasteiger partial charge on any atom is 0.408 e. The van der Waals surface area contributed by atoms with Crippen molar-refractivity contribution in [3.05, 3.63) is 48.0 Å². The number of likely N-dealkylation sites (tertiary alicyclic amines) is 1. The number of nitrogens with zero attached hydrogens (tertiary/aromatic N) is 1. The molecule has 1 aromatic rings. The van der Waals surface area contributed by atoms with E-state index in [1.807, 2.05) is 31.2 Å². The summed E-state index contributed by atoms with van der Waals surface area (Å²) in [7, 11) is -3.91. The zero-order valence-corrected chi connectivity index (χ0v) is 30.8. The summed E-state index contributed by atoms with van der Waals surface area (Å²) in [4.78, 5) is 68.6. The summed E-state index contributed by atoms with van der Waals surface area (Å²) in [5, 5.41) is 7.41. The fraction of sp³-hybridized carbons (Fsp3) is 0.629. The Kier molecular flexibility index (Phi) is 11.3. The Hall–Kier alpha value is -4.14. The molecule has 0 bridgehead atoms. The molecule has 4 rings (SSSR count). The zero-order chi connectivity index (χ0) is 37.2. The van der Waals surface area contributed by atoms with Crippen molar-refractivity contribution in [3.63, 3.8) is 0 Å². The third-order valence-electron chi connectivity index (χ3n) is 8.98. The maximum atomic E-state index is 14.3. The molecule has 0 spiro atoms. The lowest BCUT2D eigenvalue weighted by molar-refractivity contribution is -0.143. The molecule has 0 aromatic heterocycles. The molecule has 14 nitrogen and oxygen atoms in total. The van der Waals surface area contributed by atoms with E-state index in [1.54, 1.807) is 41.5 Å². The quantitative estimate of drug-likeness (QED) is 0.236. The molecule has 5 amide bonds. The van der Waals surface area contributed by atoms with E-state index >= 15 is 0 Å². The highest BCUT2D eigenvalue weighted by Gasteiger charge is 2.62. The highest BCUT2D eigenvalue weighted by Crippen LogP contribution is 2.45. The van der Waals surface area contributed by atoms with E-state index in [0.29, 0.717) is 12.8 Å². The number of carbonyl (C=O) groups is 5. The average Bonchev–Trinajstić information content (AvgIpc) is 3.94. The van der Waals surface area contributed by atoms with Gasteiger partial charge in [-0.2, -0.15) is 0 Å². The minimum atomic E-state index is -3.91. The predicted octanol–water partition coefficient (Wildman–Crippen LogP) is 3.05. The maximum absolute atomic E-state index is 14.3. The average molecular weight is 718 g/mol. The van der Waals surface area contributed by atoms with Crippen molar-refractivity contribution >= 4 is 39.9 Å². The summed E-state index contributed by atoms with van der Waals surface area (Å²) in [5.41, 5.74) is -1.30. The zero-order valence-electron chi connectivity index (χ0n) is 30.0. The van der Waals surface area contributed by atoms with E-state index in [1.165, 1.54) is 11.0 Å². The van der Waals surface area contributed by atoms with Gasteiger partial charge < -0.3 is 30.3 Å². The van der Waals surface area contributed by atoms with Gasteiger partial charge in [0.05, 0.1) is 11.8 Å². The highest BCUT2D eigenvalue weighted by atomic mass is 32.2. The smallest absolute Gasteiger partial charge is 0.408 e. The van der Waals surface area contributed by atoms with Gasteiger partial charge in [0, 0.05) is 18.9 Å². The molecule has 3 fully saturated rings. The molecule has 3 aliphatic rings. The van der Waals surface area contributed by atoms with Crippen molar-refractivity contribution in [1.82, 2.24) is 25.6 Å². The minimum absolute atomic E-state index is 0.112. The van der Waals surface area contributed by atoms with Crippen LogP contribution in [0.2, 0.25) is 0 Å². The highest BCUT2D eigenvalue weighted by molar-refractivity contribution is 7.91. The van der Waals surface area contributed by atoms with Crippen LogP contribution in [-0.2, 0) is 46.8 Å². The van der Waals surface area contributed by atoms with Gasteiger partial charge in [-0.3, -0.25) is 19.1 Å². The molecule has 0 radical (unpaired) electrons. The van der Waals surface area contributed by atoms with Crippen LogP contribution in [0.5, 0.6) is 0 Å². The summed E-state index contributed by atoms with van der Waals surface area (Å²) >= 11 is 0. The molecule has 1 heterocycles. The number of alkyl carbamates (subject to hydrolysis) is 2. The molecule has 1 saturated heterocycles. The topological polar surface area (TPSA) is 189 Å². The van der Waals surface area contributed by atoms with Crippen molar-refractivity contribution in [3.8, 4) is 0 Å². The van der Waals surface area contributed by atoms with Crippen LogP contribution >= 0.6 is 0 Å². The van der Waals surface area contributed by atoms with E-state index in [0.717, 1.165) is 17.5 Å². The third-order valence-corrected chi connectivity index (χ3v) is 10.8. The number of nitrogens with one attached hydrogen (secondary N) is 4. The Morgan fingerprint density at radius 2 is 1.72 bits per heavy atom. The van der Waals surface area contributed by atoms with Crippen LogP contribution in [0.15, 0.2) is 36.9 Å². The summed E-state index contributed by atoms with van der Waals surface area (Å²) in [5.74, 6) is -2.80. The van der Waals surface area contributed by atoms with E-state index in [9.17, 15) is 32.4 Å². The van der Waals surface area contributed by atoms with E-state index < -0.39 is 85.8 Å². The van der Waals surface area contributed by atoms with Crippen LogP contribution in [0.25, 0.3) is 0 Å². The van der Waals surface area contributed by atoms with Crippen LogP contribution in [0, 0.1) is 11.3 Å². The normalized spacial score (nSPS) is 24.0. The fourth-order valence-electron chi connectivity index (χ4n) is 5.96. The minimum Gasteiger partial charge on any atom is -0.444 e. The van der Waals surface area contributed by atoms with Gasteiger partial charge >= 0.3 is 12.2 Å². The van der Waals surface area contributed by atoms with Crippen molar-refractivity contribution < 1.29 is 41.9 Å². The number of carbonyl (C=O) groups excluding carboxylic acids is 5. The summed E-state index contributed by atoms with van der Waals surface area (Å²) < 4.78 is 38.4. The van der Waals surface area contributed by atoms with Crippen molar-refractivity contribution in [2.45, 2.75) is 122 Å². The van der Waals surface area contributed by atoms with Gasteiger partial charge in [-0.25, -0.2) is 18.0 Å². The lowest BCUT2D eigenvalue weighted by Gasteiger charge is -2.36. The predicted molar refractivity (Wildman–Crippen MR) is 185 cm³/mol. The second-order valence-electron chi connectivity index (χ2n) is 15.4. The van der Waals surface area contributed by atoms with Gasteiger partial charge in [0.1, 0.15) is 29.3 Å². The molecule has 15 heteroatoms. The van der Waals surface area contributed by atoms with Crippen molar-refractivity contribution in [1.29, 1.82) is 0 Å². The monoisotopic (exact) mass is 717 g/mol. The van der Waals surface area contributed by atoms with Crippen LogP contribution in [0.3, 0.4) is 0 Å². The molecule has 2 unspecified atom stereocenters. The molecule has 4 N–H and O–H groups in total. The second-order valence-corrected chi connectivity index (χ2v) is 17.4. The Morgan fingerprint density at radius 3 is 2.28 bits per heavy atom.